The fourth-order valence-corrected chi connectivity index (χ4v) is 3.79. The van der Waals surface area contributed by atoms with Crippen LogP contribution in [-0.2, 0) is 6.54 Å². The third-order valence-electron chi connectivity index (χ3n) is 4.50. The van der Waals surface area contributed by atoms with Gasteiger partial charge in [-0.2, -0.15) is 0 Å². The molecular formula is C17H24N4S. The Balaban J connectivity index is 1.35. The molecule has 4 nitrogen and oxygen atoms in total. The summed E-state index contributed by atoms with van der Waals surface area (Å²) in [5.74, 6) is 0.855. The number of hydrogen-bond acceptors (Lipinski definition) is 5. The number of piperidine rings is 1. The molecule has 0 radical (unpaired) electrons. The highest BCUT2D eigenvalue weighted by atomic mass is 32.1. The lowest BCUT2D eigenvalue weighted by Crippen LogP contribution is -2.34. The molecule has 1 aliphatic rings. The summed E-state index contributed by atoms with van der Waals surface area (Å²) in [7, 11) is 0. The van der Waals surface area contributed by atoms with Crippen LogP contribution in [0.5, 0.6) is 0 Å². The zero-order valence-electron chi connectivity index (χ0n) is 13.2. The monoisotopic (exact) mass is 316 g/mol. The summed E-state index contributed by atoms with van der Waals surface area (Å²) in [6.07, 6.45) is 7.63. The van der Waals surface area contributed by atoms with E-state index in [0.717, 1.165) is 19.0 Å². The molecule has 0 spiro atoms. The van der Waals surface area contributed by atoms with E-state index in [1.807, 2.05) is 17.9 Å². The molecule has 0 bridgehead atoms. The Kier molecular flexibility index (Phi) is 5.40. The Labute approximate surface area is 136 Å². The van der Waals surface area contributed by atoms with E-state index in [2.05, 4.69) is 39.2 Å². The third kappa shape index (κ3) is 4.05. The molecule has 2 aromatic heterocycles. The maximum atomic E-state index is 4.29. The first-order valence-electron chi connectivity index (χ1n) is 8.07. The lowest BCUT2D eigenvalue weighted by molar-refractivity contribution is 0.373. The Bertz CT molecular complexity index is 561. The minimum absolute atomic E-state index is 0.855. The zero-order valence-corrected chi connectivity index (χ0v) is 14.0. The van der Waals surface area contributed by atoms with Gasteiger partial charge in [-0.15, -0.1) is 11.3 Å². The topological polar surface area (TPSA) is 41.1 Å². The van der Waals surface area contributed by atoms with E-state index < -0.39 is 0 Å². The molecule has 1 fully saturated rings. The molecule has 1 N–H and O–H groups in total. The average molecular weight is 316 g/mol. The fraction of sp³-hybridized carbons (Fsp3) is 0.529. The molecule has 0 aliphatic carbocycles. The van der Waals surface area contributed by atoms with Gasteiger partial charge in [-0.1, -0.05) is 0 Å². The highest BCUT2D eigenvalue weighted by Gasteiger charge is 2.18. The number of nitrogens with zero attached hydrogens (tertiary/aromatic N) is 3. The van der Waals surface area contributed by atoms with Crippen molar-refractivity contribution in [2.75, 3.05) is 24.5 Å². The number of nitrogens with one attached hydrogen (secondary N) is 1. The second-order valence-electron chi connectivity index (χ2n) is 5.96. The zero-order chi connectivity index (χ0) is 15.2. The van der Waals surface area contributed by atoms with Crippen molar-refractivity contribution in [2.45, 2.75) is 32.7 Å². The number of thiazole rings is 1. The van der Waals surface area contributed by atoms with E-state index in [-0.39, 0.29) is 0 Å². The summed E-state index contributed by atoms with van der Waals surface area (Å²) in [5, 5.41) is 3.57. The molecule has 1 saturated heterocycles. The van der Waals surface area contributed by atoms with Gasteiger partial charge in [-0.3, -0.25) is 4.98 Å². The molecule has 0 atom stereocenters. The van der Waals surface area contributed by atoms with Crippen molar-refractivity contribution < 1.29 is 0 Å². The molecule has 0 amide bonds. The molecule has 5 heteroatoms. The van der Waals surface area contributed by atoms with Gasteiger partial charge in [0.15, 0.2) is 0 Å². The van der Waals surface area contributed by atoms with Crippen molar-refractivity contribution in [3.8, 4) is 0 Å². The lowest BCUT2D eigenvalue weighted by Gasteiger charge is -2.33. The van der Waals surface area contributed by atoms with Gasteiger partial charge >= 0.3 is 0 Å². The number of anilines is 1. The summed E-state index contributed by atoms with van der Waals surface area (Å²) in [4.78, 5) is 12.2. The van der Waals surface area contributed by atoms with Gasteiger partial charge in [-0.25, -0.2) is 4.98 Å². The van der Waals surface area contributed by atoms with Gasteiger partial charge in [0.25, 0.3) is 0 Å². The van der Waals surface area contributed by atoms with Gasteiger partial charge in [0.05, 0.1) is 11.2 Å². The van der Waals surface area contributed by atoms with Crippen molar-refractivity contribution in [3.05, 3.63) is 40.6 Å². The maximum Gasteiger partial charge on any atom is 0.0798 e. The molecular weight excluding hydrogens is 292 g/mol. The smallest absolute Gasteiger partial charge is 0.0798 e. The summed E-state index contributed by atoms with van der Waals surface area (Å²) in [6, 6.07) is 4.22. The van der Waals surface area contributed by atoms with Gasteiger partial charge < -0.3 is 10.2 Å². The quantitative estimate of drug-likeness (QED) is 0.831. The minimum Gasteiger partial charge on any atom is -0.371 e. The number of aromatic nitrogens is 2. The average Bonchev–Trinajstić information content (AvgIpc) is 2.98. The second kappa shape index (κ2) is 7.70. The summed E-state index contributed by atoms with van der Waals surface area (Å²) in [6.45, 7) is 6.50. The summed E-state index contributed by atoms with van der Waals surface area (Å²) < 4.78 is 0. The van der Waals surface area contributed by atoms with Crippen LogP contribution in [0.4, 0.5) is 5.69 Å². The summed E-state index contributed by atoms with van der Waals surface area (Å²) >= 11 is 1.75. The molecule has 0 saturated carbocycles. The lowest BCUT2D eigenvalue weighted by atomic mass is 9.93. The second-order valence-corrected chi connectivity index (χ2v) is 6.90. The Hall–Kier alpha value is -1.46. The van der Waals surface area contributed by atoms with Gasteiger partial charge in [0.1, 0.15) is 0 Å². The maximum absolute atomic E-state index is 4.29. The van der Waals surface area contributed by atoms with E-state index in [4.69, 9.17) is 0 Å². The Morgan fingerprint density at radius 3 is 2.73 bits per heavy atom. The van der Waals surface area contributed by atoms with E-state index in [1.54, 1.807) is 11.3 Å². The molecule has 22 heavy (non-hydrogen) atoms. The highest BCUT2D eigenvalue weighted by molar-refractivity contribution is 7.09. The highest BCUT2D eigenvalue weighted by Crippen LogP contribution is 2.24. The van der Waals surface area contributed by atoms with Crippen LogP contribution in [0.15, 0.2) is 30.0 Å². The van der Waals surface area contributed by atoms with E-state index >= 15 is 0 Å². The predicted octanol–water partition coefficient (Wildman–Crippen LogP) is 3.24. The molecule has 3 heterocycles. The van der Waals surface area contributed by atoms with Crippen LogP contribution in [-0.4, -0.2) is 29.6 Å². The van der Waals surface area contributed by atoms with Crippen LogP contribution in [0.2, 0.25) is 0 Å². The standard InChI is InChI=1S/C17H24N4S/c1-14-17(22-13-20-14)12-19-7-2-15-5-10-21(11-6-15)16-3-8-18-9-4-16/h3-4,8-9,13,15,19H,2,5-7,10-12H2,1H3. The molecule has 2 aromatic rings. The minimum atomic E-state index is 0.855. The molecule has 118 valence electrons. The normalized spacial score (nSPS) is 16.1. The van der Waals surface area contributed by atoms with E-state index in [0.29, 0.717) is 0 Å². The third-order valence-corrected chi connectivity index (χ3v) is 5.44. The number of aryl methyl sites for hydroxylation is 1. The Morgan fingerprint density at radius 2 is 2.05 bits per heavy atom. The first kappa shape index (κ1) is 15.4. The van der Waals surface area contributed by atoms with Crippen LogP contribution in [0.3, 0.4) is 0 Å². The summed E-state index contributed by atoms with van der Waals surface area (Å²) in [5.41, 5.74) is 4.41. The van der Waals surface area contributed by atoms with Gasteiger partial charge in [0.2, 0.25) is 0 Å². The number of hydrogen-bond donors (Lipinski definition) is 1. The number of rotatable bonds is 6. The van der Waals surface area contributed by atoms with Crippen LogP contribution < -0.4 is 10.2 Å². The van der Waals surface area contributed by atoms with Crippen molar-refractivity contribution in [1.29, 1.82) is 0 Å². The largest absolute Gasteiger partial charge is 0.371 e. The predicted molar refractivity (Wildman–Crippen MR) is 92.3 cm³/mol. The first-order valence-corrected chi connectivity index (χ1v) is 8.95. The van der Waals surface area contributed by atoms with Crippen molar-refractivity contribution in [2.24, 2.45) is 5.92 Å². The number of pyridine rings is 1. The molecule has 1 aliphatic heterocycles. The van der Waals surface area contributed by atoms with Crippen LogP contribution in [0.1, 0.15) is 29.8 Å². The SMILES string of the molecule is Cc1ncsc1CNCCC1CCN(c2ccncc2)CC1. The van der Waals surface area contributed by atoms with Crippen molar-refractivity contribution in [3.63, 3.8) is 0 Å². The van der Waals surface area contributed by atoms with Gasteiger partial charge in [-0.05, 0) is 50.8 Å². The first-order chi connectivity index (χ1) is 10.8. The molecule has 0 unspecified atom stereocenters. The van der Waals surface area contributed by atoms with Crippen molar-refractivity contribution in [1.82, 2.24) is 15.3 Å². The Morgan fingerprint density at radius 1 is 1.27 bits per heavy atom. The van der Waals surface area contributed by atoms with Crippen molar-refractivity contribution >= 4 is 17.0 Å². The van der Waals surface area contributed by atoms with Crippen LogP contribution >= 0.6 is 11.3 Å². The van der Waals surface area contributed by atoms with Gasteiger partial charge in [0, 0.05) is 42.6 Å². The molecule has 3 rings (SSSR count). The van der Waals surface area contributed by atoms with Crippen LogP contribution in [0, 0.1) is 12.8 Å². The fourth-order valence-electron chi connectivity index (χ4n) is 3.04. The van der Waals surface area contributed by atoms with E-state index in [9.17, 15) is 0 Å². The van der Waals surface area contributed by atoms with Crippen LogP contribution in [0.25, 0.3) is 0 Å². The van der Waals surface area contributed by atoms with E-state index in [1.165, 1.54) is 48.6 Å². The molecule has 0 aromatic carbocycles.